The van der Waals surface area contributed by atoms with Crippen LogP contribution in [0.4, 0.5) is 5.69 Å². The van der Waals surface area contributed by atoms with E-state index in [2.05, 4.69) is 10.2 Å². The van der Waals surface area contributed by atoms with E-state index in [1.54, 1.807) is 0 Å². The first-order valence-corrected chi connectivity index (χ1v) is 7.43. The van der Waals surface area contributed by atoms with Gasteiger partial charge in [0.25, 0.3) is 0 Å². The Morgan fingerprint density at radius 1 is 1.24 bits per heavy atom. The molecule has 1 heterocycles. The van der Waals surface area contributed by atoms with E-state index in [0.29, 0.717) is 0 Å². The summed E-state index contributed by atoms with van der Waals surface area (Å²) in [6, 6.07) is 7.82. The molecule has 1 fully saturated rings. The summed E-state index contributed by atoms with van der Waals surface area (Å²) in [6.45, 7) is 5.14. The summed E-state index contributed by atoms with van der Waals surface area (Å²) in [5.74, 6) is -0.790. The van der Waals surface area contributed by atoms with Gasteiger partial charge in [-0.3, -0.25) is 4.90 Å². The molecule has 1 saturated heterocycles. The Bertz CT molecular complexity index is 479. The molecular formula is C16H25N3O2. The van der Waals surface area contributed by atoms with E-state index >= 15 is 0 Å². The van der Waals surface area contributed by atoms with Gasteiger partial charge in [0.05, 0.1) is 0 Å². The number of anilines is 1. The number of hydrogen-bond donors (Lipinski definition) is 2. The monoisotopic (exact) mass is 291 g/mol. The van der Waals surface area contributed by atoms with Crippen molar-refractivity contribution in [3.05, 3.63) is 29.8 Å². The van der Waals surface area contributed by atoms with Gasteiger partial charge in [0.1, 0.15) is 5.54 Å². The molecule has 0 aliphatic carbocycles. The smallest absolute Gasteiger partial charge is 0.328 e. The predicted octanol–water partition coefficient (Wildman–Crippen LogP) is 1.35. The maximum absolute atomic E-state index is 12.0. The van der Waals surface area contributed by atoms with Gasteiger partial charge in [-0.25, -0.2) is 4.79 Å². The van der Waals surface area contributed by atoms with Gasteiger partial charge in [-0.15, -0.1) is 0 Å². The first-order chi connectivity index (χ1) is 9.96. The minimum atomic E-state index is -0.975. The van der Waals surface area contributed by atoms with Crippen molar-refractivity contribution in [1.82, 2.24) is 10.2 Å². The van der Waals surface area contributed by atoms with E-state index in [1.165, 1.54) is 0 Å². The third-order valence-electron chi connectivity index (χ3n) is 4.33. The van der Waals surface area contributed by atoms with Crippen LogP contribution in [0.15, 0.2) is 24.3 Å². The van der Waals surface area contributed by atoms with E-state index in [1.807, 2.05) is 50.2 Å². The van der Waals surface area contributed by atoms with Crippen LogP contribution in [-0.4, -0.2) is 56.3 Å². The molecular weight excluding hydrogens is 266 g/mol. The molecule has 0 saturated carbocycles. The normalized spacial score (nSPS) is 19.6. The summed E-state index contributed by atoms with van der Waals surface area (Å²) >= 11 is 0. The second-order valence-corrected chi connectivity index (χ2v) is 5.91. The molecule has 116 valence electrons. The zero-order valence-electron chi connectivity index (χ0n) is 13.1. The molecule has 0 radical (unpaired) electrons. The predicted molar refractivity (Wildman–Crippen MR) is 84.8 cm³/mol. The highest BCUT2D eigenvalue weighted by molar-refractivity contribution is 5.80. The summed E-state index contributed by atoms with van der Waals surface area (Å²) in [5.41, 5.74) is 0.933. The molecule has 5 nitrogen and oxygen atoms in total. The maximum atomic E-state index is 12.0. The highest BCUT2D eigenvalue weighted by Gasteiger charge is 2.41. The Morgan fingerprint density at radius 3 is 2.48 bits per heavy atom. The second-order valence-electron chi connectivity index (χ2n) is 5.91. The number of aliphatic carboxylic acids is 1. The molecule has 2 rings (SSSR count). The zero-order chi connectivity index (χ0) is 15.5. The Hall–Kier alpha value is -1.59. The van der Waals surface area contributed by atoms with Crippen LogP contribution in [0.5, 0.6) is 0 Å². The standard InChI is InChI=1S/C16H25N3O2/c1-16(15(20)21,19-11-4-9-17-10-12-19)13-5-7-14(8-6-13)18(2)3/h5-8,17H,4,9-12H2,1-3H3,(H,20,21). The molecule has 0 bridgehead atoms. The van der Waals surface area contributed by atoms with E-state index < -0.39 is 11.5 Å². The van der Waals surface area contributed by atoms with Gasteiger partial charge in [-0.2, -0.15) is 0 Å². The molecule has 0 spiro atoms. The molecule has 5 heteroatoms. The van der Waals surface area contributed by atoms with E-state index in [4.69, 9.17) is 0 Å². The average Bonchev–Trinajstić information content (AvgIpc) is 2.75. The molecule has 1 atom stereocenters. The molecule has 2 N–H and O–H groups in total. The number of benzene rings is 1. The fourth-order valence-electron chi connectivity index (χ4n) is 2.82. The van der Waals surface area contributed by atoms with Crippen LogP contribution in [0.3, 0.4) is 0 Å². The van der Waals surface area contributed by atoms with Gasteiger partial charge in [0.2, 0.25) is 0 Å². The molecule has 0 amide bonds. The number of hydrogen-bond acceptors (Lipinski definition) is 4. The Morgan fingerprint density at radius 2 is 1.90 bits per heavy atom. The van der Waals surface area contributed by atoms with Gasteiger partial charge in [0.15, 0.2) is 0 Å². The van der Waals surface area contributed by atoms with Crippen molar-refractivity contribution in [3.8, 4) is 0 Å². The van der Waals surface area contributed by atoms with Crippen molar-refractivity contribution in [2.75, 3.05) is 45.2 Å². The SMILES string of the molecule is CN(C)c1ccc(C(C)(C(=O)O)N2CCCNCC2)cc1. The fraction of sp³-hybridized carbons (Fsp3) is 0.562. The van der Waals surface area contributed by atoms with Crippen molar-refractivity contribution < 1.29 is 9.90 Å². The topological polar surface area (TPSA) is 55.8 Å². The van der Waals surface area contributed by atoms with Crippen LogP contribution in [0, 0.1) is 0 Å². The summed E-state index contributed by atoms with van der Waals surface area (Å²) in [7, 11) is 3.96. The Balaban J connectivity index is 2.34. The number of nitrogens with one attached hydrogen (secondary N) is 1. The quantitative estimate of drug-likeness (QED) is 0.877. The number of carbonyl (C=O) groups is 1. The number of carboxylic acid groups (broad SMARTS) is 1. The minimum absolute atomic E-state index is 0.748. The van der Waals surface area contributed by atoms with Crippen molar-refractivity contribution in [1.29, 1.82) is 0 Å². The lowest BCUT2D eigenvalue weighted by molar-refractivity contribution is -0.151. The second kappa shape index (κ2) is 6.45. The van der Waals surface area contributed by atoms with E-state index in [0.717, 1.165) is 43.9 Å². The minimum Gasteiger partial charge on any atom is -0.480 e. The van der Waals surface area contributed by atoms with Gasteiger partial charge >= 0.3 is 5.97 Å². The third kappa shape index (κ3) is 3.19. The first kappa shape index (κ1) is 15.8. The Kier molecular flexibility index (Phi) is 4.85. The molecule has 1 aromatic carbocycles. The summed E-state index contributed by atoms with van der Waals surface area (Å²) in [4.78, 5) is 16.1. The van der Waals surface area contributed by atoms with Crippen molar-refractivity contribution in [3.63, 3.8) is 0 Å². The summed E-state index contributed by atoms with van der Waals surface area (Å²) in [5, 5.41) is 13.2. The largest absolute Gasteiger partial charge is 0.480 e. The summed E-state index contributed by atoms with van der Waals surface area (Å²) in [6.07, 6.45) is 0.971. The molecule has 21 heavy (non-hydrogen) atoms. The fourth-order valence-corrected chi connectivity index (χ4v) is 2.82. The third-order valence-corrected chi connectivity index (χ3v) is 4.33. The lowest BCUT2D eigenvalue weighted by atomic mass is 9.89. The lowest BCUT2D eigenvalue weighted by Gasteiger charge is -2.37. The number of nitrogens with zero attached hydrogens (tertiary/aromatic N) is 2. The van der Waals surface area contributed by atoms with Crippen LogP contribution >= 0.6 is 0 Å². The van der Waals surface area contributed by atoms with Gasteiger partial charge < -0.3 is 15.3 Å². The van der Waals surface area contributed by atoms with Crippen LogP contribution in [0.25, 0.3) is 0 Å². The molecule has 1 aliphatic rings. The van der Waals surface area contributed by atoms with Crippen molar-refractivity contribution in [2.24, 2.45) is 0 Å². The highest BCUT2D eigenvalue weighted by Crippen LogP contribution is 2.30. The van der Waals surface area contributed by atoms with Gasteiger partial charge in [-0.05, 0) is 37.6 Å². The van der Waals surface area contributed by atoms with E-state index in [-0.39, 0.29) is 0 Å². The molecule has 1 aliphatic heterocycles. The first-order valence-electron chi connectivity index (χ1n) is 7.43. The Labute approximate surface area is 126 Å². The molecule has 1 aromatic rings. The van der Waals surface area contributed by atoms with Crippen LogP contribution in [-0.2, 0) is 10.3 Å². The van der Waals surface area contributed by atoms with Crippen molar-refractivity contribution in [2.45, 2.75) is 18.9 Å². The van der Waals surface area contributed by atoms with Crippen molar-refractivity contribution >= 4 is 11.7 Å². The molecule has 1 unspecified atom stereocenters. The van der Waals surface area contributed by atoms with Gasteiger partial charge in [0, 0.05) is 39.4 Å². The summed E-state index contributed by atoms with van der Waals surface area (Å²) < 4.78 is 0. The van der Waals surface area contributed by atoms with E-state index in [9.17, 15) is 9.90 Å². The number of rotatable bonds is 4. The number of carboxylic acids is 1. The molecule has 0 aromatic heterocycles. The van der Waals surface area contributed by atoms with Crippen LogP contribution in [0.2, 0.25) is 0 Å². The average molecular weight is 291 g/mol. The highest BCUT2D eigenvalue weighted by atomic mass is 16.4. The van der Waals surface area contributed by atoms with Crippen LogP contribution < -0.4 is 10.2 Å². The van der Waals surface area contributed by atoms with Crippen LogP contribution in [0.1, 0.15) is 18.9 Å². The van der Waals surface area contributed by atoms with Gasteiger partial charge in [-0.1, -0.05) is 12.1 Å². The maximum Gasteiger partial charge on any atom is 0.328 e. The lowest BCUT2D eigenvalue weighted by Crippen LogP contribution is -2.51. The zero-order valence-corrected chi connectivity index (χ0v) is 13.1.